The molecule has 2 bridgehead atoms. The predicted molar refractivity (Wildman–Crippen MR) is 201 cm³/mol. The van der Waals surface area contributed by atoms with Crippen LogP contribution in [0.25, 0.3) is 0 Å². The van der Waals surface area contributed by atoms with E-state index in [0.29, 0.717) is 12.2 Å². The zero-order valence-electron chi connectivity index (χ0n) is 30.8. The normalized spacial score (nSPS) is 25.9. The Morgan fingerprint density at radius 2 is 0.783 bits per heavy atom. The number of allylic oxidation sites excluding steroid dienone is 8. The van der Waals surface area contributed by atoms with Crippen molar-refractivity contribution in [3.05, 3.63) is 48.6 Å². The Hall–Kier alpha value is -1.12. The van der Waals surface area contributed by atoms with E-state index in [4.69, 9.17) is 9.47 Å². The fraction of sp³-hybridized carbons (Fsp3) is 0.818. The molecule has 2 aliphatic carbocycles. The van der Waals surface area contributed by atoms with E-state index >= 15 is 0 Å². The highest BCUT2D eigenvalue weighted by atomic mass is 16.8. The first kappa shape index (κ1) is 39.3. The van der Waals surface area contributed by atoms with E-state index in [1.54, 1.807) is 0 Å². The average molecular weight is 637 g/mol. The molecule has 264 valence electrons. The molecular formula is C44H76O2. The van der Waals surface area contributed by atoms with Crippen LogP contribution in [0.4, 0.5) is 0 Å². The number of hydrogen-bond acceptors (Lipinski definition) is 2. The van der Waals surface area contributed by atoms with Crippen molar-refractivity contribution in [2.45, 2.75) is 218 Å². The Morgan fingerprint density at radius 1 is 0.435 bits per heavy atom. The number of unbranched alkanes of at least 4 members (excludes halogenated alkanes) is 18. The van der Waals surface area contributed by atoms with Crippen LogP contribution in [0.3, 0.4) is 0 Å². The molecule has 0 aromatic heterocycles. The van der Waals surface area contributed by atoms with Gasteiger partial charge in [-0.2, -0.15) is 0 Å². The minimum Gasteiger partial charge on any atom is -0.344 e. The predicted octanol–water partition coefficient (Wildman–Crippen LogP) is 14.3. The van der Waals surface area contributed by atoms with E-state index in [0.717, 1.165) is 37.5 Å². The molecule has 0 spiro atoms. The Labute approximate surface area is 287 Å². The number of hydrogen-bond donors (Lipinski definition) is 0. The van der Waals surface area contributed by atoms with Crippen molar-refractivity contribution in [3.8, 4) is 0 Å². The zero-order valence-corrected chi connectivity index (χ0v) is 30.8. The van der Waals surface area contributed by atoms with E-state index in [1.807, 2.05) is 0 Å². The second-order valence-corrected chi connectivity index (χ2v) is 15.1. The minimum atomic E-state index is -0.270. The molecule has 1 unspecified atom stereocenters. The summed E-state index contributed by atoms with van der Waals surface area (Å²) in [4.78, 5) is 0. The summed E-state index contributed by atoms with van der Waals surface area (Å²) in [5, 5.41) is 0. The van der Waals surface area contributed by atoms with Crippen LogP contribution >= 0.6 is 0 Å². The molecule has 0 radical (unpaired) electrons. The summed E-state index contributed by atoms with van der Waals surface area (Å²) in [6, 6.07) is 0. The molecule has 46 heavy (non-hydrogen) atoms. The van der Waals surface area contributed by atoms with Crippen LogP contribution in [0.5, 0.6) is 0 Å². The third kappa shape index (κ3) is 16.3. The lowest BCUT2D eigenvalue weighted by molar-refractivity contribution is -0.195. The van der Waals surface area contributed by atoms with Gasteiger partial charge in [0, 0.05) is 12.8 Å². The number of fused-ring (bicyclic) bond motifs is 5. The van der Waals surface area contributed by atoms with Gasteiger partial charge in [0.05, 0.1) is 12.2 Å². The minimum absolute atomic E-state index is 0.270. The van der Waals surface area contributed by atoms with Crippen LogP contribution in [-0.4, -0.2) is 18.0 Å². The molecule has 2 nitrogen and oxygen atoms in total. The second kappa shape index (κ2) is 25.8. The van der Waals surface area contributed by atoms with Gasteiger partial charge in [0.15, 0.2) is 5.79 Å². The summed E-state index contributed by atoms with van der Waals surface area (Å²) in [5.41, 5.74) is 0. The molecule has 0 aromatic carbocycles. The average Bonchev–Trinajstić information content (AvgIpc) is 3.78. The van der Waals surface area contributed by atoms with Gasteiger partial charge in [-0.15, -0.1) is 0 Å². The summed E-state index contributed by atoms with van der Waals surface area (Å²) in [7, 11) is 0. The fourth-order valence-electron chi connectivity index (χ4n) is 8.16. The molecule has 1 heterocycles. The van der Waals surface area contributed by atoms with Crippen molar-refractivity contribution in [3.63, 3.8) is 0 Å². The van der Waals surface area contributed by atoms with Crippen LogP contribution in [-0.2, 0) is 9.47 Å². The van der Waals surface area contributed by atoms with E-state index in [9.17, 15) is 0 Å². The largest absolute Gasteiger partial charge is 0.344 e. The topological polar surface area (TPSA) is 18.5 Å². The van der Waals surface area contributed by atoms with E-state index in [-0.39, 0.29) is 5.79 Å². The molecule has 1 aliphatic heterocycles. The molecular weight excluding hydrogens is 560 g/mol. The lowest BCUT2D eigenvalue weighted by Crippen LogP contribution is -2.32. The Kier molecular flexibility index (Phi) is 22.1. The van der Waals surface area contributed by atoms with E-state index in [2.05, 4.69) is 62.5 Å². The van der Waals surface area contributed by atoms with Gasteiger partial charge in [0.1, 0.15) is 0 Å². The van der Waals surface area contributed by atoms with Crippen LogP contribution < -0.4 is 0 Å². The van der Waals surface area contributed by atoms with Gasteiger partial charge in [-0.1, -0.05) is 140 Å². The number of ether oxygens (including phenoxy) is 2. The van der Waals surface area contributed by atoms with Crippen LogP contribution in [0, 0.1) is 11.8 Å². The second-order valence-electron chi connectivity index (χ2n) is 15.1. The molecule has 0 aromatic rings. The van der Waals surface area contributed by atoms with Crippen molar-refractivity contribution < 1.29 is 9.47 Å². The van der Waals surface area contributed by atoms with Crippen molar-refractivity contribution in [1.29, 1.82) is 0 Å². The Balaban J connectivity index is 1.21. The SMILES string of the molecule is CCCCC/C=C\C/C=C\CCCCCCCCC1(CCCCCC/C=C\C/C=C\CCCCCCC)O[C@@H]2[C@H]3CC[C@H](C3)[C@@H]2O1. The van der Waals surface area contributed by atoms with Crippen LogP contribution in [0.15, 0.2) is 48.6 Å². The Morgan fingerprint density at radius 3 is 1.22 bits per heavy atom. The van der Waals surface area contributed by atoms with Gasteiger partial charge >= 0.3 is 0 Å². The molecule has 3 aliphatic rings. The lowest BCUT2D eigenvalue weighted by atomic mass is 9.95. The maximum atomic E-state index is 6.90. The first-order valence-corrected chi connectivity index (χ1v) is 20.7. The smallest absolute Gasteiger partial charge is 0.169 e. The first-order chi connectivity index (χ1) is 22.8. The highest BCUT2D eigenvalue weighted by Gasteiger charge is 2.58. The summed E-state index contributed by atoms with van der Waals surface area (Å²) < 4.78 is 13.8. The van der Waals surface area contributed by atoms with Crippen molar-refractivity contribution in [2.75, 3.05) is 0 Å². The summed E-state index contributed by atoms with van der Waals surface area (Å²) >= 11 is 0. The molecule has 0 amide bonds. The van der Waals surface area contributed by atoms with Gasteiger partial charge in [-0.25, -0.2) is 0 Å². The molecule has 3 fully saturated rings. The summed E-state index contributed by atoms with van der Waals surface area (Å²) in [6.07, 6.45) is 57.4. The quantitative estimate of drug-likeness (QED) is 0.0577. The van der Waals surface area contributed by atoms with Crippen molar-refractivity contribution >= 4 is 0 Å². The van der Waals surface area contributed by atoms with E-state index in [1.165, 1.54) is 161 Å². The Bertz CT molecular complexity index is 819. The van der Waals surface area contributed by atoms with Gasteiger partial charge < -0.3 is 9.47 Å². The molecule has 5 atom stereocenters. The van der Waals surface area contributed by atoms with Gasteiger partial charge in [-0.05, 0) is 108 Å². The van der Waals surface area contributed by atoms with Gasteiger partial charge in [-0.3, -0.25) is 0 Å². The summed E-state index contributed by atoms with van der Waals surface area (Å²) in [6.45, 7) is 4.56. The van der Waals surface area contributed by atoms with Crippen molar-refractivity contribution in [1.82, 2.24) is 0 Å². The third-order valence-corrected chi connectivity index (χ3v) is 11.0. The molecule has 3 rings (SSSR count). The molecule has 2 heteroatoms. The maximum Gasteiger partial charge on any atom is 0.169 e. The highest BCUT2D eigenvalue weighted by Crippen LogP contribution is 2.55. The summed E-state index contributed by atoms with van der Waals surface area (Å²) in [5.74, 6) is 1.29. The van der Waals surface area contributed by atoms with Crippen molar-refractivity contribution in [2.24, 2.45) is 11.8 Å². The van der Waals surface area contributed by atoms with Gasteiger partial charge in [0.2, 0.25) is 0 Å². The molecule has 1 saturated heterocycles. The number of rotatable bonds is 30. The monoisotopic (exact) mass is 637 g/mol. The fourth-order valence-corrected chi connectivity index (χ4v) is 8.16. The highest BCUT2D eigenvalue weighted by molar-refractivity contribution is 5.03. The molecule has 0 N–H and O–H groups in total. The standard InChI is InChI=1S/C44H76O2/c1-3-5-7-9-11-13-15-17-19-21-23-25-27-29-31-33-37-44(45-42-40-35-36-41(39-40)43(42)46-44)38-34-32-30-28-26-24-22-20-18-16-14-12-10-8-6-4-2/h11,13,16-19,22,24,40-43H,3-10,12,14-15,20-21,23,25-39H2,1-2H3/b13-11-,18-16-,19-17-,24-22-/t40-,41+,42+,43-,44?. The van der Waals surface area contributed by atoms with Crippen LogP contribution in [0.2, 0.25) is 0 Å². The third-order valence-electron chi connectivity index (χ3n) is 11.0. The first-order valence-electron chi connectivity index (χ1n) is 20.7. The maximum absolute atomic E-state index is 6.90. The molecule has 2 saturated carbocycles. The zero-order chi connectivity index (χ0) is 32.4. The van der Waals surface area contributed by atoms with E-state index < -0.39 is 0 Å². The lowest BCUT2D eigenvalue weighted by Gasteiger charge is -2.30. The van der Waals surface area contributed by atoms with Crippen LogP contribution in [0.1, 0.15) is 200 Å². The van der Waals surface area contributed by atoms with Gasteiger partial charge in [0.25, 0.3) is 0 Å².